The lowest BCUT2D eigenvalue weighted by molar-refractivity contribution is -0.123. The van der Waals surface area contributed by atoms with Gasteiger partial charge in [-0.15, -0.1) is 0 Å². The number of hydrogen-bond acceptors (Lipinski definition) is 5. The first-order valence-corrected chi connectivity index (χ1v) is 13.4. The first-order valence-electron chi connectivity index (χ1n) is 13.4. The molecule has 1 amide bonds. The summed E-state index contributed by atoms with van der Waals surface area (Å²) in [4.78, 5) is 15.3. The van der Waals surface area contributed by atoms with Crippen LogP contribution in [0.5, 0.6) is 11.5 Å². The Bertz CT molecular complexity index is 1210. The van der Waals surface area contributed by atoms with E-state index in [0.717, 1.165) is 65.9 Å². The van der Waals surface area contributed by atoms with Crippen LogP contribution in [0, 0.1) is 0 Å². The fourth-order valence-corrected chi connectivity index (χ4v) is 6.03. The van der Waals surface area contributed by atoms with Crippen molar-refractivity contribution < 1.29 is 14.3 Å². The number of aromatic nitrogens is 1. The minimum Gasteiger partial charge on any atom is -0.497 e. The van der Waals surface area contributed by atoms with Crippen molar-refractivity contribution in [1.82, 2.24) is 14.9 Å². The van der Waals surface area contributed by atoms with Crippen LogP contribution in [0.1, 0.15) is 69.0 Å². The molecule has 37 heavy (non-hydrogen) atoms. The molecule has 7 nitrogen and oxygen atoms in total. The van der Waals surface area contributed by atoms with E-state index < -0.39 is 0 Å². The average molecular weight is 507 g/mol. The third-order valence-corrected chi connectivity index (χ3v) is 7.96. The SMILES string of the molecule is COc1cc(OC)cc(-n2c3c(c4ccccc42)C(C(=O)NN)CCC3(C)CCCCCCN(C)C)c1. The first kappa shape index (κ1) is 27.0. The van der Waals surface area contributed by atoms with Gasteiger partial charge in [-0.05, 0) is 58.0 Å². The highest BCUT2D eigenvalue weighted by atomic mass is 16.5. The van der Waals surface area contributed by atoms with E-state index in [2.05, 4.69) is 54.1 Å². The van der Waals surface area contributed by atoms with Gasteiger partial charge in [0.2, 0.25) is 5.91 Å². The molecule has 0 saturated heterocycles. The molecule has 1 aliphatic rings. The van der Waals surface area contributed by atoms with Crippen molar-refractivity contribution in [3.63, 3.8) is 0 Å². The maximum atomic E-state index is 13.0. The number of rotatable bonds is 11. The molecule has 0 spiro atoms. The van der Waals surface area contributed by atoms with Gasteiger partial charge < -0.3 is 18.9 Å². The lowest BCUT2D eigenvalue weighted by Gasteiger charge is -2.39. The van der Waals surface area contributed by atoms with Gasteiger partial charge >= 0.3 is 0 Å². The number of hydrazine groups is 1. The second-order valence-electron chi connectivity index (χ2n) is 10.8. The molecule has 0 radical (unpaired) electrons. The predicted molar refractivity (Wildman–Crippen MR) is 150 cm³/mol. The van der Waals surface area contributed by atoms with Crippen molar-refractivity contribution in [3.05, 3.63) is 53.7 Å². The van der Waals surface area contributed by atoms with E-state index in [1.807, 2.05) is 24.3 Å². The van der Waals surface area contributed by atoms with Gasteiger partial charge in [0.25, 0.3) is 0 Å². The minimum absolute atomic E-state index is 0.0857. The summed E-state index contributed by atoms with van der Waals surface area (Å²) in [5.74, 6) is 6.72. The Kier molecular flexibility index (Phi) is 8.45. The van der Waals surface area contributed by atoms with E-state index in [1.165, 1.54) is 25.0 Å². The molecular weight excluding hydrogens is 464 g/mol. The number of ether oxygens (including phenoxy) is 2. The van der Waals surface area contributed by atoms with Crippen molar-refractivity contribution in [3.8, 4) is 17.2 Å². The molecular formula is C30H42N4O3. The molecule has 3 aromatic rings. The van der Waals surface area contributed by atoms with E-state index >= 15 is 0 Å². The monoisotopic (exact) mass is 506 g/mol. The Morgan fingerprint density at radius 2 is 1.76 bits per heavy atom. The second-order valence-corrected chi connectivity index (χ2v) is 10.8. The van der Waals surface area contributed by atoms with Crippen LogP contribution in [0.4, 0.5) is 0 Å². The van der Waals surface area contributed by atoms with Gasteiger partial charge in [-0.1, -0.05) is 44.4 Å². The molecule has 2 atom stereocenters. The number of fused-ring (bicyclic) bond motifs is 3. The Balaban J connectivity index is 1.85. The number of methoxy groups -OCH3 is 2. The molecule has 2 aromatic carbocycles. The normalized spacial score (nSPS) is 19.2. The predicted octanol–water partition coefficient (Wildman–Crippen LogP) is 5.28. The van der Waals surface area contributed by atoms with Crippen LogP contribution in [0.15, 0.2) is 42.5 Å². The zero-order valence-electron chi connectivity index (χ0n) is 23.0. The summed E-state index contributed by atoms with van der Waals surface area (Å²) in [5, 5.41) is 1.10. The highest BCUT2D eigenvalue weighted by Gasteiger charge is 2.43. The van der Waals surface area contributed by atoms with Gasteiger partial charge in [0.15, 0.2) is 0 Å². The summed E-state index contributed by atoms with van der Waals surface area (Å²) in [6, 6.07) is 14.4. The smallest absolute Gasteiger partial charge is 0.241 e. The molecule has 0 saturated carbocycles. The summed E-state index contributed by atoms with van der Waals surface area (Å²) in [6.07, 6.45) is 7.58. The maximum absolute atomic E-state index is 13.0. The third kappa shape index (κ3) is 5.48. The summed E-state index contributed by atoms with van der Waals surface area (Å²) < 4.78 is 13.6. The van der Waals surface area contributed by atoms with E-state index in [9.17, 15) is 4.79 Å². The number of hydrogen-bond donors (Lipinski definition) is 2. The highest BCUT2D eigenvalue weighted by molar-refractivity contribution is 5.95. The fourth-order valence-electron chi connectivity index (χ4n) is 6.03. The van der Waals surface area contributed by atoms with Crippen LogP contribution in [-0.2, 0) is 10.2 Å². The summed E-state index contributed by atoms with van der Waals surface area (Å²) >= 11 is 0. The molecule has 3 N–H and O–H groups in total. The molecule has 1 heterocycles. The summed E-state index contributed by atoms with van der Waals surface area (Å²) in [7, 11) is 7.60. The number of nitrogens with one attached hydrogen (secondary N) is 1. The summed E-state index contributed by atoms with van der Waals surface area (Å²) in [5.41, 5.74) is 6.71. The average Bonchev–Trinajstić information content (AvgIpc) is 3.26. The fraction of sp³-hybridized carbons (Fsp3) is 0.500. The molecule has 0 fully saturated rings. The van der Waals surface area contributed by atoms with Crippen LogP contribution in [0.25, 0.3) is 16.6 Å². The van der Waals surface area contributed by atoms with Crippen LogP contribution < -0.4 is 20.7 Å². The molecule has 1 aliphatic carbocycles. The van der Waals surface area contributed by atoms with Crippen molar-refractivity contribution in [1.29, 1.82) is 0 Å². The van der Waals surface area contributed by atoms with Crippen LogP contribution in [0.3, 0.4) is 0 Å². The number of amides is 1. The molecule has 4 rings (SSSR count). The second kappa shape index (κ2) is 11.6. The largest absolute Gasteiger partial charge is 0.497 e. The zero-order chi connectivity index (χ0) is 26.6. The third-order valence-electron chi connectivity index (χ3n) is 7.96. The molecule has 0 bridgehead atoms. The number of nitrogens with two attached hydrogens (primary N) is 1. The zero-order valence-corrected chi connectivity index (χ0v) is 23.0. The molecule has 7 heteroatoms. The quantitative estimate of drug-likeness (QED) is 0.160. The molecule has 1 aromatic heterocycles. The van der Waals surface area contributed by atoms with Gasteiger partial charge in [-0.3, -0.25) is 10.2 Å². The number of carbonyl (C=O) groups excluding carboxylic acids is 1. The van der Waals surface area contributed by atoms with Crippen LogP contribution >= 0.6 is 0 Å². The minimum atomic E-state index is -0.285. The Morgan fingerprint density at radius 1 is 1.08 bits per heavy atom. The van der Waals surface area contributed by atoms with Crippen molar-refractivity contribution in [2.75, 3.05) is 34.9 Å². The molecule has 0 aliphatic heterocycles. The van der Waals surface area contributed by atoms with E-state index in [-0.39, 0.29) is 17.2 Å². The van der Waals surface area contributed by atoms with E-state index in [0.29, 0.717) is 0 Å². The van der Waals surface area contributed by atoms with E-state index in [4.69, 9.17) is 15.3 Å². The van der Waals surface area contributed by atoms with E-state index in [1.54, 1.807) is 14.2 Å². The molecule has 2 unspecified atom stereocenters. The Hall–Kier alpha value is -3.03. The number of benzene rings is 2. The molecule has 200 valence electrons. The lowest BCUT2D eigenvalue weighted by Crippen LogP contribution is -2.40. The number of nitrogens with zero attached hydrogens (tertiary/aromatic N) is 2. The van der Waals surface area contributed by atoms with Gasteiger partial charge in [0.05, 0.1) is 31.3 Å². The van der Waals surface area contributed by atoms with Gasteiger partial charge in [-0.2, -0.15) is 0 Å². The highest BCUT2D eigenvalue weighted by Crippen LogP contribution is 2.51. The van der Waals surface area contributed by atoms with Crippen LogP contribution in [-0.4, -0.2) is 50.2 Å². The van der Waals surface area contributed by atoms with Crippen molar-refractivity contribution in [2.24, 2.45) is 5.84 Å². The lowest BCUT2D eigenvalue weighted by atomic mass is 9.67. The van der Waals surface area contributed by atoms with Crippen molar-refractivity contribution >= 4 is 16.8 Å². The first-order chi connectivity index (χ1) is 17.8. The van der Waals surface area contributed by atoms with Gasteiger partial charge in [0, 0.05) is 34.7 Å². The van der Waals surface area contributed by atoms with Crippen LogP contribution in [0.2, 0.25) is 0 Å². The van der Waals surface area contributed by atoms with Crippen molar-refractivity contribution in [2.45, 2.75) is 63.2 Å². The Morgan fingerprint density at radius 3 is 2.41 bits per heavy atom. The summed E-state index contributed by atoms with van der Waals surface area (Å²) in [6.45, 7) is 3.50. The van der Waals surface area contributed by atoms with Gasteiger partial charge in [0.1, 0.15) is 11.5 Å². The standard InChI is InChI=1S/C30H42N4O3/c1-30(15-10-6-7-11-17-33(2)3)16-14-25(29(35)32-31)27-24-12-8-9-13-26(24)34(28(27)30)21-18-22(36-4)20-23(19-21)37-5/h8-9,12-13,18-20,25H,6-7,10-11,14-17,31H2,1-5H3,(H,32,35). The number of carbonyl (C=O) groups is 1. The van der Waals surface area contributed by atoms with Gasteiger partial charge in [-0.25, -0.2) is 5.84 Å². The topological polar surface area (TPSA) is 81.8 Å². The number of unbranched alkanes of at least 4 members (excludes halogenated alkanes) is 3. The Labute approximate surface area is 220 Å². The number of para-hydroxylation sites is 1. The maximum Gasteiger partial charge on any atom is 0.241 e.